The van der Waals surface area contributed by atoms with E-state index in [1.807, 2.05) is 0 Å². The molecule has 0 spiro atoms. The fourth-order valence-electron chi connectivity index (χ4n) is 0. The second-order valence-corrected chi connectivity index (χ2v) is 15.1. The van der Waals surface area contributed by atoms with Gasteiger partial charge in [-0.1, -0.05) is 0 Å². The second-order valence-electron chi connectivity index (χ2n) is 0.192. The first-order valence-electron chi connectivity index (χ1n) is 0.507. The van der Waals surface area contributed by atoms with Gasteiger partial charge in [0, 0.05) is 0 Å². The van der Waals surface area contributed by atoms with Crippen molar-refractivity contribution in [3.05, 3.63) is 0 Å². The molecule has 0 nitrogen and oxygen atoms in total. The summed E-state index contributed by atoms with van der Waals surface area (Å²) in [4.78, 5) is 0. The van der Waals surface area contributed by atoms with Crippen LogP contribution in [0.5, 0.6) is 0 Å². The molecule has 0 amide bonds. The molecule has 0 aliphatic carbocycles. The molecule has 0 bridgehead atoms. The maximum atomic E-state index is 5.01. The zero-order valence-corrected chi connectivity index (χ0v) is 12.6. The van der Waals surface area contributed by atoms with E-state index in [2.05, 4.69) is 0 Å². The average molecular weight is 390 g/mol. The largest absolute Gasteiger partial charge is 1.00 e. The van der Waals surface area contributed by atoms with Crippen molar-refractivity contribution in [2.75, 3.05) is 0 Å². The van der Waals surface area contributed by atoms with Crippen LogP contribution in [0.2, 0.25) is 0 Å². The van der Waals surface area contributed by atoms with Gasteiger partial charge < -0.3 is 12.4 Å². The summed E-state index contributed by atoms with van der Waals surface area (Å²) in [5.74, 6) is 0. The van der Waals surface area contributed by atoms with Crippen molar-refractivity contribution < 1.29 is 63.8 Å². The topological polar surface area (TPSA) is 0 Å². The van der Waals surface area contributed by atoms with Crippen molar-refractivity contribution in [1.82, 2.24) is 0 Å². The van der Waals surface area contributed by atoms with E-state index in [1.54, 1.807) is 0 Å². The van der Waals surface area contributed by atoms with E-state index in [-0.39, 0.29) is 63.8 Å². The predicted octanol–water partition coefficient (Wildman–Crippen LogP) is -4.30. The van der Waals surface area contributed by atoms with Crippen LogP contribution < -0.4 is 63.8 Å². The van der Waals surface area contributed by atoms with Gasteiger partial charge in [-0.15, -0.1) is 0 Å². The summed E-state index contributed by atoms with van der Waals surface area (Å²) in [5, 5.41) is 0. The molecular weight excluding hydrogens is 390 g/mol. The molecular formula is BiCl4K. The van der Waals surface area contributed by atoms with Crippen molar-refractivity contribution in [1.29, 1.82) is 0 Å². The molecule has 0 rings (SSSR count). The van der Waals surface area contributed by atoms with Crippen LogP contribution in [-0.4, -0.2) is 18.2 Å². The standard InChI is InChI=1S/Bi.4ClH.K/h;4*1H;/q+3;;;;;+1/p-4. The fraction of sp³-hybridized carbons (Fsp3) is 0. The third-order valence-electron chi connectivity index (χ3n) is 0. The molecule has 0 radical (unpaired) electrons. The number of hydrogen-bond acceptors (Lipinski definition) is 0. The van der Waals surface area contributed by atoms with E-state index >= 15 is 0 Å². The Kier molecular flexibility index (Phi) is 31.3. The van der Waals surface area contributed by atoms with E-state index in [1.165, 1.54) is 0 Å². The first-order chi connectivity index (χ1) is 1.73. The molecule has 6 heavy (non-hydrogen) atoms. The second kappa shape index (κ2) is 11.5. The van der Waals surface area contributed by atoms with Crippen molar-refractivity contribution in [3.8, 4) is 0 Å². The zero-order chi connectivity index (χ0) is 3.58. The summed E-state index contributed by atoms with van der Waals surface area (Å²) in [6.45, 7) is 0. The van der Waals surface area contributed by atoms with Crippen LogP contribution in [0.15, 0.2) is 0 Å². The summed E-state index contributed by atoms with van der Waals surface area (Å²) in [6, 6.07) is 0. The molecule has 0 saturated carbocycles. The zero-order valence-electron chi connectivity index (χ0n) is 2.96. The molecule has 0 N–H and O–H groups in total. The van der Waals surface area contributed by atoms with Crippen molar-refractivity contribution in [3.63, 3.8) is 0 Å². The van der Waals surface area contributed by atoms with Crippen molar-refractivity contribution >= 4 is 43.7 Å². The van der Waals surface area contributed by atoms with Gasteiger partial charge in [0.25, 0.3) is 0 Å². The molecule has 0 aliphatic rings. The number of rotatable bonds is 0. The molecule has 0 aromatic carbocycles. The smallest absolute Gasteiger partial charge is 1.00 e. The SMILES string of the molecule is [Cl-].[Cl][Bi]([Cl])[Cl].[K+]. The first kappa shape index (κ1) is 16.3. The van der Waals surface area contributed by atoms with E-state index < -0.39 is 18.2 Å². The molecule has 0 fully saturated rings. The molecule has 0 aliphatic heterocycles. The van der Waals surface area contributed by atoms with Crippen LogP contribution in [0.1, 0.15) is 0 Å². The Morgan fingerprint density at radius 3 is 1.00 bits per heavy atom. The first-order valence-corrected chi connectivity index (χ1v) is 13.3. The van der Waals surface area contributed by atoms with Crippen LogP contribution >= 0.6 is 25.5 Å². The van der Waals surface area contributed by atoms with E-state index in [0.717, 1.165) is 0 Å². The van der Waals surface area contributed by atoms with Gasteiger partial charge in [-0.05, 0) is 0 Å². The van der Waals surface area contributed by atoms with Crippen LogP contribution in [0.3, 0.4) is 0 Å². The van der Waals surface area contributed by atoms with E-state index in [9.17, 15) is 0 Å². The molecule has 0 atom stereocenters. The van der Waals surface area contributed by atoms with Crippen LogP contribution in [0, 0.1) is 0 Å². The van der Waals surface area contributed by atoms with E-state index in [4.69, 9.17) is 25.5 Å². The summed E-state index contributed by atoms with van der Waals surface area (Å²) in [5.41, 5.74) is 0. The molecule has 6 heteroatoms. The van der Waals surface area contributed by atoms with Gasteiger partial charge in [-0.2, -0.15) is 0 Å². The quantitative estimate of drug-likeness (QED) is 0.368. The number of hydrogen-bond donors (Lipinski definition) is 0. The Bertz CT molecular complexity index is 12.3. The molecule has 0 heterocycles. The molecule has 0 saturated heterocycles. The van der Waals surface area contributed by atoms with Gasteiger partial charge in [-0.3, -0.25) is 0 Å². The van der Waals surface area contributed by atoms with Gasteiger partial charge in [0.05, 0.1) is 0 Å². The molecule has 0 unspecified atom stereocenters. The summed E-state index contributed by atoms with van der Waals surface area (Å²) in [7, 11) is 15.0. The van der Waals surface area contributed by atoms with Gasteiger partial charge >= 0.3 is 95.1 Å². The normalized spacial score (nSPS) is 6.00. The minimum absolute atomic E-state index is 0. The Morgan fingerprint density at radius 1 is 1.00 bits per heavy atom. The van der Waals surface area contributed by atoms with Gasteiger partial charge in [0.15, 0.2) is 0 Å². The van der Waals surface area contributed by atoms with Crippen LogP contribution in [-0.2, 0) is 0 Å². The summed E-state index contributed by atoms with van der Waals surface area (Å²) in [6.07, 6.45) is 0. The molecule has 0 aromatic rings. The fourth-order valence-corrected chi connectivity index (χ4v) is 0. The predicted molar refractivity (Wildman–Crippen MR) is 23.3 cm³/mol. The Hall–Kier alpha value is 3.68. The van der Waals surface area contributed by atoms with Gasteiger partial charge in [-0.25, -0.2) is 0 Å². The third kappa shape index (κ3) is 25.3. The summed E-state index contributed by atoms with van der Waals surface area (Å²) >= 11 is -2.18. The monoisotopic (exact) mass is 388 g/mol. The average Bonchev–Trinajstić information content (AvgIpc) is 0.811. The van der Waals surface area contributed by atoms with Crippen LogP contribution in [0.4, 0.5) is 0 Å². The molecule has 34 valence electrons. The Labute approximate surface area is 104 Å². The minimum atomic E-state index is -2.18. The maximum absolute atomic E-state index is 5.01. The Balaban J connectivity index is -0.0000000450. The third-order valence-corrected chi connectivity index (χ3v) is 0. The number of halogens is 4. The van der Waals surface area contributed by atoms with Crippen molar-refractivity contribution in [2.24, 2.45) is 0 Å². The minimum Gasteiger partial charge on any atom is 1.00 e. The Morgan fingerprint density at radius 2 is 1.00 bits per heavy atom. The summed E-state index contributed by atoms with van der Waals surface area (Å²) < 4.78 is 0. The van der Waals surface area contributed by atoms with Crippen LogP contribution in [0.25, 0.3) is 0 Å². The van der Waals surface area contributed by atoms with Gasteiger partial charge in [0.1, 0.15) is 0 Å². The maximum Gasteiger partial charge on any atom is 1.00 e. The van der Waals surface area contributed by atoms with E-state index in [0.29, 0.717) is 0 Å². The van der Waals surface area contributed by atoms with Gasteiger partial charge in [0.2, 0.25) is 0 Å². The van der Waals surface area contributed by atoms with Crippen molar-refractivity contribution in [2.45, 2.75) is 0 Å². The molecule has 0 aromatic heterocycles.